The van der Waals surface area contributed by atoms with Crippen molar-refractivity contribution in [3.63, 3.8) is 0 Å². The van der Waals surface area contributed by atoms with Crippen LogP contribution in [0.15, 0.2) is 70.6 Å². The number of nitrogens with zero attached hydrogens (tertiary/aromatic N) is 2. The van der Waals surface area contributed by atoms with Crippen molar-refractivity contribution >= 4 is 51.4 Å². The number of benzene rings is 2. The van der Waals surface area contributed by atoms with E-state index >= 15 is 0 Å². The summed E-state index contributed by atoms with van der Waals surface area (Å²) in [6, 6.07) is 18.8. The van der Waals surface area contributed by atoms with Gasteiger partial charge < -0.3 is 0 Å². The molecule has 0 aliphatic rings. The molecule has 0 atom stereocenters. The Balaban J connectivity index is 1.69. The second-order valence-electron chi connectivity index (χ2n) is 6.60. The number of aromatic nitrogens is 2. The maximum Gasteiger partial charge on any atom is 0.262 e. The van der Waals surface area contributed by atoms with E-state index in [0.29, 0.717) is 31.8 Å². The zero-order valence-corrected chi connectivity index (χ0v) is 18.0. The summed E-state index contributed by atoms with van der Waals surface area (Å²) in [4.78, 5) is 30.9. The fourth-order valence-corrected chi connectivity index (χ4v) is 4.89. The van der Waals surface area contributed by atoms with Gasteiger partial charge in [0.25, 0.3) is 5.56 Å². The van der Waals surface area contributed by atoms with E-state index in [1.54, 1.807) is 22.8 Å². The summed E-state index contributed by atoms with van der Waals surface area (Å²) in [5.41, 5.74) is 2.69. The number of Topliss-reactive ketones (excluding diaryl/α,β-unsaturated/α-hetero) is 1. The van der Waals surface area contributed by atoms with Crippen molar-refractivity contribution in [1.29, 1.82) is 0 Å². The molecule has 2 heterocycles. The average molecular weight is 441 g/mol. The predicted octanol–water partition coefficient (Wildman–Crippen LogP) is 5.44. The number of ketones is 1. The highest BCUT2D eigenvalue weighted by molar-refractivity contribution is 7.99. The van der Waals surface area contributed by atoms with Crippen LogP contribution in [-0.2, 0) is 6.54 Å². The number of halogens is 1. The molecule has 2 aromatic carbocycles. The van der Waals surface area contributed by atoms with Gasteiger partial charge in [0.15, 0.2) is 10.9 Å². The average Bonchev–Trinajstić information content (AvgIpc) is 3.16. The highest BCUT2D eigenvalue weighted by Gasteiger charge is 2.15. The molecule has 4 rings (SSSR count). The number of carbonyl (C=O) groups excluding carboxylic acids is 1. The second kappa shape index (κ2) is 8.53. The molecular formula is C22H17ClN2O2S2. The molecule has 2 aromatic heterocycles. The maximum atomic E-state index is 13.1. The number of para-hydroxylation sites is 1. The molecular weight excluding hydrogens is 424 g/mol. The number of carbonyl (C=O) groups is 1. The lowest BCUT2D eigenvalue weighted by atomic mass is 10.1. The molecule has 0 aliphatic heterocycles. The smallest absolute Gasteiger partial charge is 0.262 e. The predicted molar refractivity (Wildman–Crippen MR) is 121 cm³/mol. The largest absolute Gasteiger partial charge is 0.292 e. The molecule has 0 spiro atoms. The van der Waals surface area contributed by atoms with E-state index in [0.717, 1.165) is 11.1 Å². The molecule has 0 fully saturated rings. The molecule has 4 aromatic rings. The molecule has 0 amide bonds. The summed E-state index contributed by atoms with van der Waals surface area (Å²) in [6.45, 7) is 2.43. The van der Waals surface area contributed by atoms with Gasteiger partial charge in [-0.2, -0.15) is 0 Å². The van der Waals surface area contributed by atoms with E-state index in [1.807, 2.05) is 49.4 Å². The fraction of sp³-hybridized carbons (Fsp3) is 0.136. The lowest BCUT2D eigenvalue weighted by molar-refractivity contribution is 0.102. The van der Waals surface area contributed by atoms with Crippen LogP contribution in [0.3, 0.4) is 0 Å². The van der Waals surface area contributed by atoms with Crippen LogP contribution in [-0.4, -0.2) is 21.1 Å². The molecule has 0 saturated heterocycles. The Kier molecular flexibility index (Phi) is 5.85. The van der Waals surface area contributed by atoms with E-state index in [2.05, 4.69) is 4.98 Å². The maximum absolute atomic E-state index is 13.1. The molecule has 29 heavy (non-hydrogen) atoms. The third-order valence-electron chi connectivity index (χ3n) is 4.47. The van der Waals surface area contributed by atoms with Crippen LogP contribution >= 0.6 is 34.7 Å². The number of aryl methyl sites for hydroxylation is 1. The van der Waals surface area contributed by atoms with Gasteiger partial charge in [-0.25, -0.2) is 4.98 Å². The Morgan fingerprint density at radius 1 is 1.10 bits per heavy atom. The number of hydrogen-bond acceptors (Lipinski definition) is 5. The normalized spacial score (nSPS) is 11.1. The molecule has 146 valence electrons. The topological polar surface area (TPSA) is 52.0 Å². The number of fused-ring (bicyclic) bond motifs is 1. The van der Waals surface area contributed by atoms with Crippen molar-refractivity contribution in [3.8, 4) is 0 Å². The molecule has 0 saturated carbocycles. The van der Waals surface area contributed by atoms with Crippen LogP contribution in [0.4, 0.5) is 0 Å². The fourth-order valence-electron chi connectivity index (χ4n) is 2.94. The van der Waals surface area contributed by atoms with Crippen LogP contribution < -0.4 is 5.56 Å². The van der Waals surface area contributed by atoms with E-state index in [9.17, 15) is 9.59 Å². The zero-order valence-electron chi connectivity index (χ0n) is 15.6. The molecule has 0 N–H and O–H groups in total. The van der Waals surface area contributed by atoms with E-state index in [1.165, 1.54) is 23.1 Å². The summed E-state index contributed by atoms with van der Waals surface area (Å²) >= 11 is 8.47. The van der Waals surface area contributed by atoms with Gasteiger partial charge in [-0.05, 0) is 36.8 Å². The van der Waals surface area contributed by atoms with Gasteiger partial charge in [-0.3, -0.25) is 14.2 Å². The first-order valence-corrected chi connectivity index (χ1v) is 11.2. The number of thioether (sulfide) groups is 1. The molecule has 0 aliphatic carbocycles. The Morgan fingerprint density at radius 3 is 2.59 bits per heavy atom. The van der Waals surface area contributed by atoms with Crippen LogP contribution in [0, 0.1) is 6.92 Å². The van der Waals surface area contributed by atoms with Crippen LogP contribution in [0.25, 0.3) is 10.9 Å². The summed E-state index contributed by atoms with van der Waals surface area (Å²) in [5, 5.41) is 1.10. The first kappa shape index (κ1) is 19.9. The van der Waals surface area contributed by atoms with E-state index in [-0.39, 0.29) is 17.1 Å². The third-order valence-corrected chi connectivity index (χ3v) is 6.72. The van der Waals surface area contributed by atoms with E-state index < -0.39 is 0 Å². The van der Waals surface area contributed by atoms with Crippen molar-refractivity contribution in [3.05, 3.63) is 91.4 Å². The van der Waals surface area contributed by atoms with Crippen LogP contribution in [0.2, 0.25) is 4.34 Å². The van der Waals surface area contributed by atoms with Crippen molar-refractivity contribution in [2.75, 3.05) is 5.75 Å². The zero-order chi connectivity index (χ0) is 20.4. The summed E-state index contributed by atoms with van der Waals surface area (Å²) in [5.74, 6) is 0.159. The third kappa shape index (κ3) is 4.45. The quantitative estimate of drug-likeness (QED) is 0.227. The standard InChI is InChI=1S/C22H17ClN2O2S2/c1-14-6-8-15(9-7-14)12-25-21(27)16-4-2-3-5-17(16)24-22(25)28-13-18(26)19-10-11-20(23)29-19/h2-11H,12-13H2,1H3. The van der Waals surface area contributed by atoms with Gasteiger partial charge in [-0.1, -0.05) is 65.3 Å². The lowest BCUT2D eigenvalue weighted by Gasteiger charge is -2.13. The minimum Gasteiger partial charge on any atom is -0.292 e. The Labute approximate surface area is 181 Å². The van der Waals surface area contributed by atoms with Gasteiger partial charge in [0.2, 0.25) is 0 Å². The molecule has 0 radical (unpaired) electrons. The number of hydrogen-bond donors (Lipinski definition) is 0. The highest BCUT2D eigenvalue weighted by Crippen LogP contribution is 2.25. The van der Waals surface area contributed by atoms with Crippen molar-refractivity contribution in [1.82, 2.24) is 9.55 Å². The summed E-state index contributed by atoms with van der Waals surface area (Å²) < 4.78 is 2.23. The van der Waals surface area contributed by atoms with E-state index in [4.69, 9.17) is 11.6 Å². The second-order valence-corrected chi connectivity index (χ2v) is 9.26. The van der Waals surface area contributed by atoms with Crippen molar-refractivity contribution in [2.24, 2.45) is 0 Å². The first-order valence-electron chi connectivity index (χ1n) is 8.98. The number of thiophene rings is 1. The molecule has 4 nitrogen and oxygen atoms in total. The Morgan fingerprint density at radius 2 is 1.86 bits per heavy atom. The minimum atomic E-state index is -0.106. The van der Waals surface area contributed by atoms with Gasteiger partial charge in [0.1, 0.15) is 0 Å². The van der Waals surface area contributed by atoms with Gasteiger partial charge in [0.05, 0.1) is 32.4 Å². The minimum absolute atomic E-state index is 0.0313. The van der Waals surface area contributed by atoms with Gasteiger partial charge in [-0.15, -0.1) is 11.3 Å². The highest BCUT2D eigenvalue weighted by atomic mass is 35.5. The lowest BCUT2D eigenvalue weighted by Crippen LogP contribution is -2.24. The molecule has 7 heteroatoms. The summed E-state index contributed by atoms with van der Waals surface area (Å²) in [6.07, 6.45) is 0. The molecule has 0 bridgehead atoms. The number of rotatable bonds is 6. The molecule has 0 unspecified atom stereocenters. The van der Waals surface area contributed by atoms with Crippen LogP contribution in [0.5, 0.6) is 0 Å². The first-order chi connectivity index (χ1) is 14.0. The van der Waals surface area contributed by atoms with Gasteiger partial charge in [0, 0.05) is 0 Å². The monoisotopic (exact) mass is 440 g/mol. The Bertz CT molecular complexity index is 1250. The Hall–Kier alpha value is -2.41. The van der Waals surface area contributed by atoms with Crippen molar-refractivity contribution in [2.45, 2.75) is 18.6 Å². The van der Waals surface area contributed by atoms with Gasteiger partial charge >= 0.3 is 0 Å². The van der Waals surface area contributed by atoms with Crippen LogP contribution in [0.1, 0.15) is 20.8 Å². The summed E-state index contributed by atoms with van der Waals surface area (Å²) in [7, 11) is 0. The van der Waals surface area contributed by atoms with Crippen molar-refractivity contribution < 1.29 is 4.79 Å². The SMILES string of the molecule is Cc1ccc(Cn2c(SCC(=O)c3ccc(Cl)s3)nc3ccccc3c2=O)cc1.